The molecule has 2 aromatic rings. The lowest BCUT2D eigenvalue weighted by Gasteiger charge is -2.05. The van der Waals surface area contributed by atoms with Crippen LogP contribution < -0.4 is 5.32 Å². The number of rotatable bonds is 3. The van der Waals surface area contributed by atoms with E-state index in [-0.39, 0.29) is 19.1 Å². The number of fused-ring (bicyclic) bond motifs is 1. The highest BCUT2D eigenvalue weighted by Gasteiger charge is 2.17. The Bertz CT molecular complexity index is 562. The Labute approximate surface area is 97.6 Å². The molecule has 17 heavy (non-hydrogen) atoms. The molecule has 2 N–H and O–H groups in total. The molecule has 0 bridgehead atoms. The van der Waals surface area contributed by atoms with Crippen LogP contribution >= 0.6 is 0 Å². The van der Waals surface area contributed by atoms with E-state index in [9.17, 15) is 4.79 Å². The molecule has 0 saturated heterocycles. The van der Waals surface area contributed by atoms with Gasteiger partial charge in [-0.2, -0.15) is 0 Å². The van der Waals surface area contributed by atoms with E-state index in [1.807, 2.05) is 0 Å². The molecule has 0 spiro atoms. The van der Waals surface area contributed by atoms with Crippen molar-refractivity contribution >= 4 is 17.0 Å². The van der Waals surface area contributed by atoms with Crippen LogP contribution in [0.3, 0.4) is 0 Å². The second-order valence-corrected chi connectivity index (χ2v) is 3.74. The minimum absolute atomic E-state index is 0.0957. The van der Waals surface area contributed by atoms with Crippen LogP contribution in [-0.4, -0.2) is 34.3 Å². The van der Waals surface area contributed by atoms with Gasteiger partial charge in [0.2, 0.25) is 0 Å². The van der Waals surface area contributed by atoms with Gasteiger partial charge in [-0.05, 0) is 19.9 Å². The van der Waals surface area contributed by atoms with Gasteiger partial charge in [-0.15, -0.1) is 0 Å². The predicted octanol–water partition coefficient (Wildman–Crippen LogP) is 0.562. The average Bonchev–Trinajstić information content (AvgIpc) is 2.66. The Kier molecular flexibility index (Phi) is 3.06. The molecule has 2 heterocycles. The van der Waals surface area contributed by atoms with Crippen molar-refractivity contribution < 1.29 is 14.4 Å². The number of amides is 1. The van der Waals surface area contributed by atoms with E-state index in [4.69, 9.17) is 9.63 Å². The normalized spacial score (nSPS) is 10.8. The molecule has 0 radical (unpaired) electrons. The number of pyridine rings is 1. The zero-order valence-electron chi connectivity index (χ0n) is 9.65. The summed E-state index contributed by atoms with van der Waals surface area (Å²) in [6, 6.07) is 1.68. The van der Waals surface area contributed by atoms with Gasteiger partial charge in [0.1, 0.15) is 0 Å². The van der Waals surface area contributed by atoms with Crippen molar-refractivity contribution in [3.05, 3.63) is 23.0 Å². The molecule has 0 aliphatic carbocycles. The quantitative estimate of drug-likeness (QED) is 0.811. The fraction of sp³-hybridized carbons (Fsp3) is 0.364. The van der Waals surface area contributed by atoms with E-state index in [1.54, 1.807) is 19.9 Å². The molecule has 0 unspecified atom stereocenters. The number of nitrogens with zero attached hydrogens (tertiary/aromatic N) is 2. The highest BCUT2D eigenvalue weighted by atomic mass is 16.5. The molecular weight excluding hydrogens is 222 g/mol. The third-order valence-corrected chi connectivity index (χ3v) is 2.39. The summed E-state index contributed by atoms with van der Waals surface area (Å²) >= 11 is 0. The minimum atomic E-state index is -0.263. The van der Waals surface area contributed by atoms with E-state index < -0.39 is 0 Å². The average molecular weight is 235 g/mol. The van der Waals surface area contributed by atoms with Crippen LogP contribution in [0.1, 0.15) is 21.7 Å². The van der Waals surface area contributed by atoms with Crippen molar-refractivity contribution in [1.82, 2.24) is 15.5 Å². The summed E-state index contributed by atoms with van der Waals surface area (Å²) in [5.41, 5.74) is 2.14. The van der Waals surface area contributed by atoms with Crippen molar-refractivity contribution in [2.75, 3.05) is 13.2 Å². The number of aliphatic hydroxyl groups is 1. The van der Waals surface area contributed by atoms with E-state index in [0.717, 1.165) is 0 Å². The van der Waals surface area contributed by atoms with E-state index in [1.165, 1.54) is 0 Å². The van der Waals surface area contributed by atoms with Crippen LogP contribution in [0.2, 0.25) is 0 Å². The lowest BCUT2D eigenvalue weighted by molar-refractivity contribution is 0.0946. The molecule has 6 nitrogen and oxygen atoms in total. The molecule has 0 aromatic carbocycles. The van der Waals surface area contributed by atoms with E-state index in [0.29, 0.717) is 28.1 Å². The number of hydrogen-bond acceptors (Lipinski definition) is 5. The monoisotopic (exact) mass is 235 g/mol. The van der Waals surface area contributed by atoms with Crippen LogP contribution in [0.25, 0.3) is 11.1 Å². The Balaban J connectivity index is 2.51. The number of aryl methyl sites for hydroxylation is 2. The molecule has 0 aliphatic heterocycles. The van der Waals surface area contributed by atoms with Crippen molar-refractivity contribution in [3.63, 3.8) is 0 Å². The maximum absolute atomic E-state index is 11.9. The van der Waals surface area contributed by atoms with Gasteiger partial charge in [-0.1, -0.05) is 5.16 Å². The first kappa shape index (κ1) is 11.5. The Hall–Kier alpha value is -1.95. The molecule has 0 saturated carbocycles. The third kappa shape index (κ3) is 2.12. The largest absolute Gasteiger partial charge is 0.395 e. The molecular formula is C11H13N3O3. The molecule has 0 aliphatic rings. The number of aromatic nitrogens is 2. The van der Waals surface area contributed by atoms with Crippen molar-refractivity contribution in [2.45, 2.75) is 13.8 Å². The summed E-state index contributed by atoms with van der Waals surface area (Å²) in [4.78, 5) is 16.1. The van der Waals surface area contributed by atoms with Crippen molar-refractivity contribution in [2.24, 2.45) is 0 Å². The molecule has 0 atom stereocenters. The van der Waals surface area contributed by atoms with Gasteiger partial charge < -0.3 is 14.9 Å². The molecule has 0 fully saturated rings. The maximum Gasteiger partial charge on any atom is 0.258 e. The van der Waals surface area contributed by atoms with E-state index >= 15 is 0 Å². The highest BCUT2D eigenvalue weighted by molar-refractivity contribution is 6.05. The summed E-state index contributed by atoms with van der Waals surface area (Å²) in [6.45, 7) is 3.65. The Morgan fingerprint density at radius 2 is 2.29 bits per heavy atom. The zero-order valence-corrected chi connectivity index (χ0v) is 9.65. The lowest BCUT2D eigenvalue weighted by Crippen LogP contribution is -2.26. The first-order valence-electron chi connectivity index (χ1n) is 5.26. The highest BCUT2D eigenvalue weighted by Crippen LogP contribution is 2.21. The summed E-state index contributed by atoms with van der Waals surface area (Å²) in [5, 5.41) is 15.7. The summed E-state index contributed by atoms with van der Waals surface area (Å²) in [7, 11) is 0. The number of aliphatic hydroxyl groups excluding tert-OH is 1. The van der Waals surface area contributed by atoms with Crippen LogP contribution in [0.15, 0.2) is 10.6 Å². The van der Waals surface area contributed by atoms with Gasteiger partial charge in [0, 0.05) is 12.2 Å². The Morgan fingerprint density at radius 3 is 3.00 bits per heavy atom. The van der Waals surface area contributed by atoms with Gasteiger partial charge in [0.05, 0.1) is 23.3 Å². The molecule has 1 amide bonds. The van der Waals surface area contributed by atoms with Gasteiger partial charge in [-0.25, -0.2) is 4.98 Å². The maximum atomic E-state index is 11.9. The van der Waals surface area contributed by atoms with Gasteiger partial charge in [-0.3, -0.25) is 4.79 Å². The fourth-order valence-electron chi connectivity index (χ4n) is 1.66. The van der Waals surface area contributed by atoms with Gasteiger partial charge in [0.15, 0.2) is 0 Å². The predicted molar refractivity (Wildman–Crippen MR) is 60.7 cm³/mol. The van der Waals surface area contributed by atoms with Crippen molar-refractivity contribution in [3.8, 4) is 0 Å². The fourth-order valence-corrected chi connectivity index (χ4v) is 1.66. The van der Waals surface area contributed by atoms with Crippen LogP contribution in [0.4, 0.5) is 0 Å². The van der Waals surface area contributed by atoms with Crippen LogP contribution in [0.5, 0.6) is 0 Å². The first-order chi connectivity index (χ1) is 8.13. The van der Waals surface area contributed by atoms with Crippen LogP contribution in [-0.2, 0) is 0 Å². The number of carbonyl (C=O) groups is 1. The topological polar surface area (TPSA) is 88.2 Å². The summed E-state index contributed by atoms with van der Waals surface area (Å²) in [5.74, 6) is -0.263. The number of hydrogen-bond donors (Lipinski definition) is 2. The van der Waals surface area contributed by atoms with Crippen LogP contribution in [0, 0.1) is 13.8 Å². The summed E-state index contributed by atoms with van der Waals surface area (Å²) < 4.78 is 5.03. The SMILES string of the molecule is Cc1cc(C(=O)NCCO)c2c(C)noc2n1. The minimum Gasteiger partial charge on any atom is -0.395 e. The second-order valence-electron chi connectivity index (χ2n) is 3.74. The molecule has 2 rings (SSSR count). The Morgan fingerprint density at radius 1 is 1.53 bits per heavy atom. The summed E-state index contributed by atoms with van der Waals surface area (Å²) in [6.07, 6.45) is 0. The zero-order chi connectivity index (χ0) is 12.4. The number of carbonyl (C=O) groups excluding carboxylic acids is 1. The van der Waals surface area contributed by atoms with E-state index in [2.05, 4.69) is 15.5 Å². The first-order valence-corrected chi connectivity index (χ1v) is 5.26. The number of nitrogens with one attached hydrogen (secondary N) is 1. The lowest BCUT2D eigenvalue weighted by atomic mass is 10.1. The molecule has 2 aromatic heterocycles. The van der Waals surface area contributed by atoms with Crippen molar-refractivity contribution in [1.29, 1.82) is 0 Å². The smallest absolute Gasteiger partial charge is 0.258 e. The second kappa shape index (κ2) is 4.50. The third-order valence-electron chi connectivity index (χ3n) is 2.39. The molecule has 6 heteroatoms. The van der Waals surface area contributed by atoms with Gasteiger partial charge in [0.25, 0.3) is 11.6 Å². The standard InChI is InChI=1S/C11H13N3O3/c1-6-5-8(10(16)12-3-4-15)9-7(2)14-17-11(9)13-6/h5,15H,3-4H2,1-2H3,(H,12,16). The van der Waals surface area contributed by atoms with Gasteiger partial charge >= 0.3 is 0 Å². The molecule has 90 valence electrons.